The third-order valence-corrected chi connectivity index (χ3v) is 7.56. The highest BCUT2D eigenvalue weighted by atomic mass is 32.2. The van der Waals surface area contributed by atoms with Gasteiger partial charge in [-0.2, -0.15) is 13.2 Å². The van der Waals surface area contributed by atoms with Crippen molar-refractivity contribution in [1.82, 2.24) is 4.90 Å². The normalized spacial score (nSPS) is 13.7. The number of carbonyl (C=O) groups excluding carboxylic acids is 1. The molecule has 0 unspecified atom stereocenters. The second kappa shape index (κ2) is 11.1. The molecular formula is C31H27F3N2OS. The molecule has 0 radical (unpaired) electrons. The molecule has 0 bridgehead atoms. The van der Waals surface area contributed by atoms with Crippen LogP contribution in [0.4, 0.5) is 18.9 Å². The summed E-state index contributed by atoms with van der Waals surface area (Å²) < 4.78 is 38.9. The molecule has 0 fully saturated rings. The first kappa shape index (κ1) is 26.1. The summed E-state index contributed by atoms with van der Waals surface area (Å²) in [6, 6.07) is 26.5. The maximum absolute atomic E-state index is 13.2. The number of fused-ring (bicyclic) bond motifs is 1. The van der Waals surface area contributed by atoms with Crippen molar-refractivity contribution in [2.24, 2.45) is 0 Å². The number of rotatable bonds is 6. The van der Waals surface area contributed by atoms with Crippen LogP contribution in [0.15, 0.2) is 95.9 Å². The molecule has 5 rings (SSSR count). The number of nitrogens with zero attached hydrogens (tertiary/aromatic N) is 1. The van der Waals surface area contributed by atoms with Crippen LogP contribution in [0, 0.1) is 0 Å². The Kier molecular flexibility index (Phi) is 7.58. The molecule has 1 aliphatic heterocycles. The van der Waals surface area contributed by atoms with Crippen molar-refractivity contribution in [1.29, 1.82) is 0 Å². The molecule has 0 aliphatic carbocycles. The lowest BCUT2D eigenvalue weighted by Crippen LogP contribution is -2.30. The van der Waals surface area contributed by atoms with Gasteiger partial charge in [-0.25, -0.2) is 0 Å². The van der Waals surface area contributed by atoms with E-state index in [-0.39, 0.29) is 5.91 Å². The third kappa shape index (κ3) is 5.95. The first-order valence-electron chi connectivity index (χ1n) is 12.4. The molecule has 194 valence electrons. The smallest absolute Gasteiger partial charge is 0.322 e. The van der Waals surface area contributed by atoms with E-state index in [1.807, 2.05) is 12.1 Å². The standard InChI is InChI=1S/C31H27F3N2OS/c1-38-27-14-6-21(7-15-27)19-36-17-16-23-18-26(13-10-24(23)20-36)35-30(37)29-5-3-2-4-28(29)22-8-11-25(12-9-22)31(32,33)34/h2-15,18H,16-17,19-20H2,1H3,(H,35,37). The second-order valence-electron chi connectivity index (χ2n) is 9.37. The van der Waals surface area contributed by atoms with E-state index in [1.165, 1.54) is 33.7 Å². The van der Waals surface area contributed by atoms with Crippen LogP contribution >= 0.6 is 11.8 Å². The average molecular weight is 533 g/mol. The molecule has 1 amide bonds. The molecule has 3 nitrogen and oxygen atoms in total. The van der Waals surface area contributed by atoms with E-state index in [0.29, 0.717) is 22.4 Å². The minimum Gasteiger partial charge on any atom is -0.322 e. The number of hydrogen-bond donors (Lipinski definition) is 1. The lowest BCUT2D eigenvalue weighted by atomic mass is 9.97. The van der Waals surface area contributed by atoms with Crippen molar-refractivity contribution in [3.8, 4) is 11.1 Å². The zero-order valence-corrected chi connectivity index (χ0v) is 21.7. The Balaban J connectivity index is 1.28. The fraction of sp³-hybridized carbons (Fsp3) is 0.194. The third-order valence-electron chi connectivity index (χ3n) is 6.82. The molecule has 1 aliphatic rings. The second-order valence-corrected chi connectivity index (χ2v) is 10.2. The SMILES string of the molecule is CSc1ccc(CN2CCc3cc(NC(=O)c4ccccc4-c4ccc(C(F)(F)F)cc4)ccc3C2)cc1. The van der Waals surface area contributed by atoms with Crippen LogP contribution in [0.5, 0.6) is 0 Å². The number of thioether (sulfide) groups is 1. The van der Waals surface area contributed by atoms with Crippen molar-refractivity contribution >= 4 is 23.4 Å². The first-order valence-corrected chi connectivity index (χ1v) is 13.6. The first-order chi connectivity index (χ1) is 18.3. The van der Waals surface area contributed by atoms with Crippen LogP contribution in [0.25, 0.3) is 11.1 Å². The summed E-state index contributed by atoms with van der Waals surface area (Å²) in [6.45, 7) is 2.68. The topological polar surface area (TPSA) is 32.3 Å². The maximum Gasteiger partial charge on any atom is 0.416 e. The van der Waals surface area contributed by atoms with E-state index in [1.54, 1.807) is 36.0 Å². The highest BCUT2D eigenvalue weighted by Crippen LogP contribution is 2.32. The Morgan fingerprint density at radius 2 is 1.66 bits per heavy atom. The monoisotopic (exact) mass is 532 g/mol. The highest BCUT2D eigenvalue weighted by molar-refractivity contribution is 7.98. The number of anilines is 1. The Labute approximate surface area is 224 Å². The number of nitrogens with one attached hydrogen (secondary N) is 1. The molecule has 4 aromatic rings. The molecule has 4 aromatic carbocycles. The summed E-state index contributed by atoms with van der Waals surface area (Å²) in [7, 11) is 0. The van der Waals surface area contributed by atoms with Crippen LogP contribution in [0.3, 0.4) is 0 Å². The van der Waals surface area contributed by atoms with Crippen LogP contribution in [-0.2, 0) is 25.7 Å². The Bertz CT molecular complexity index is 1430. The van der Waals surface area contributed by atoms with Crippen molar-refractivity contribution in [2.45, 2.75) is 30.6 Å². The number of hydrogen-bond acceptors (Lipinski definition) is 3. The number of halogens is 3. The van der Waals surface area contributed by atoms with Gasteiger partial charge < -0.3 is 5.32 Å². The largest absolute Gasteiger partial charge is 0.416 e. The van der Waals surface area contributed by atoms with E-state index in [0.717, 1.165) is 38.2 Å². The average Bonchev–Trinajstić information content (AvgIpc) is 2.93. The molecular weight excluding hydrogens is 505 g/mol. The number of amides is 1. The summed E-state index contributed by atoms with van der Waals surface area (Å²) in [4.78, 5) is 16.9. The van der Waals surface area contributed by atoms with E-state index >= 15 is 0 Å². The fourth-order valence-corrected chi connectivity index (χ4v) is 5.19. The van der Waals surface area contributed by atoms with Gasteiger partial charge >= 0.3 is 6.18 Å². The van der Waals surface area contributed by atoms with Gasteiger partial charge in [-0.15, -0.1) is 11.8 Å². The molecule has 0 saturated heterocycles. The van der Waals surface area contributed by atoms with Gasteiger partial charge in [0.2, 0.25) is 0 Å². The molecule has 0 aromatic heterocycles. The fourth-order valence-electron chi connectivity index (χ4n) is 4.78. The molecule has 1 heterocycles. The van der Waals surface area contributed by atoms with Gasteiger partial charge in [0, 0.05) is 35.8 Å². The van der Waals surface area contributed by atoms with Crippen molar-refractivity contribution in [3.63, 3.8) is 0 Å². The van der Waals surface area contributed by atoms with Crippen molar-refractivity contribution < 1.29 is 18.0 Å². The molecule has 0 atom stereocenters. The predicted octanol–water partition coefficient (Wildman–Crippen LogP) is 7.90. The zero-order valence-electron chi connectivity index (χ0n) is 20.9. The summed E-state index contributed by atoms with van der Waals surface area (Å²) in [6.07, 6.45) is -1.44. The maximum atomic E-state index is 13.2. The minimum atomic E-state index is -4.40. The Morgan fingerprint density at radius 3 is 2.37 bits per heavy atom. The Morgan fingerprint density at radius 1 is 0.921 bits per heavy atom. The van der Waals surface area contributed by atoms with E-state index in [2.05, 4.69) is 46.8 Å². The van der Waals surface area contributed by atoms with E-state index in [4.69, 9.17) is 0 Å². The quantitative estimate of drug-likeness (QED) is 0.256. The minimum absolute atomic E-state index is 0.299. The summed E-state index contributed by atoms with van der Waals surface area (Å²) in [5.41, 5.74) is 5.29. The molecule has 7 heteroatoms. The van der Waals surface area contributed by atoms with Crippen LogP contribution in [0.1, 0.15) is 32.6 Å². The molecule has 1 N–H and O–H groups in total. The van der Waals surface area contributed by atoms with E-state index < -0.39 is 11.7 Å². The van der Waals surface area contributed by atoms with Gasteiger partial charge in [-0.3, -0.25) is 9.69 Å². The van der Waals surface area contributed by atoms with Gasteiger partial charge in [-0.05, 0) is 83.0 Å². The van der Waals surface area contributed by atoms with Gasteiger partial charge in [0.1, 0.15) is 0 Å². The lowest BCUT2D eigenvalue weighted by Gasteiger charge is -2.29. The summed E-state index contributed by atoms with van der Waals surface area (Å²) in [5, 5.41) is 2.98. The number of alkyl halides is 3. The lowest BCUT2D eigenvalue weighted by molar-refractivity contribution is -0.137. The predicted molar refractivity (Wildman–Crippen MR) is 147 cm³/mol. The summed E-state index contributed by atoms with van der Waals surface area (Å²) in [5.74, 6) is -0.299. The molecule has 0 saturated carbocycles. The van der Waals surface area contributed by atoms with Crippen LogP contribution in [-0.4, -0.2) is 23.6 Å². The summed E-state index contributed by atoms with van der Waals surface area (Å²) >= 11 is 1.74. The van der Waals surface area contributed by atoms with Crippen LogP contribution in [0.2, 0.25) is 0 Å². The Hall–Kier alpha value is -3.55. The zero-order chi connectivity index (χ0) is 26.7. The van der Waals surface area contributed by atoms with Crippen molar-refractivity contribution in [2.75, 3.05) is 18.1 Å². The number of benzene rings is 4. The van der Waals surface area contributed by atoms with Crippen LogP contribution < -0.4 is 5.32 Å². The van der Waals surface area contributed by atoms with Gasteiger partial charge in [0.05, 0.1) is 5.56 Å². The van der Waals surface area contributed by atoms with Gasteiger partial charge in [0.15, 0.2) is 0 Å². The van der Waals surface area contributed by atoms with E-state index in [9.17, 15) is 18.0 Å². The molecule has 0 spiro atoms. The van der Waals surface area contributed by atoms with Gasteiger partial charge in [0.25, 0.3) is 5.91 Å². The highest BCUT2D eigenvalue weighted by Gasteiger charge is 2.30. The van der Waals surface area contributed by atoms with Gasteiger partial charge in [-0.1, -0.05) is 48.5 Å². The number of carbonyl (C=O) groups is 1. The molecule has 38 heavy (non-hydrogen) atoms. The van der Waals surface area contributed by atoms with Crippen molar-refractivity contribution in [3.05, 3.63) is 119 Å².